The van der Waals surface area contributed by atoms with E-state index in [-0.39, 0.29) is 0 Å². The number of hydrogen-bond acceptors (Lipinski definition) is 3. The zero-order valence-electron chi connectivity index (χ0n) is 10.0. The molecule has 0 fully saturated rings. The molecule has 0 saturated heterocycles. The van der Waals surface area contributed by atoms with Gasteiger partial charge in [-0.05, 0) is 12.1 Å². The zero-order valence-corrected chi connectivity index (χ0v) is 6.05. The van der Waals surface area contributed by atoms with Crippen LogP contribution in [0.25, 0.3) is 0 Å². The number of carbonyl (C=O) groups excluding carboxylic acids is 2. The molecule has 12 heavy (non-hydrogen) atoms. The van der Waals surface area contributed by atoms with Crippen LogP contribution in [-0.4, -0.2) is 17.2 Å². The van der Waals surface area contributed by atoms with Crippen molar-refractivity contribution in [2.45, 2.75) is 6.42 Å². The molecule has 0 aliphatic rings. The van der Waals surface area contributed by atoms with Crippen molar-refractivity contribution in [1.29, 1.82) is 0 Å². The van der Waals surface area contributed by atoms with Gasteiger partial charge in [0.15, 0.2) is 5.78 Å². The van der Waals surface area contributed by atoms with Crippen molar-refractivity contribution < 1.29 is 20.2 Å². The summed E-state index contributed by atoms with van der Waals surface area (Å²) in [6.07, 6.45) is -0.223. The number of Topliss-reactive ketones (excluding diaryl/α,β-unsaturated/α-hetero) is 1. The Morgan fingerprint density at radius 3 is 2.92 bits per heavy atom. The van der Waals surface area contributed by atoms with E-state index in [1.807, 2.05) is 0 Å². The van der Waals surface area contributed by atoms with Crippen molar-refractivity contribution in [3.8, 4) is 5.75 Å². The average Bonchev–Trinajstić information content (AvgIpc) is 2.24. The molecule has 0 saturated carbocycles. The Hall–Kier alpha value is -1.64. The van der Waals surface area contributed by atoms with E-state index in [9.17, 15) is 14.7 Å². The predicted molar refractivity (Wildman–Crippen MR) is 43.1 cm³/mol. The van der Waals surface area contributed by atoms with Gasteiger partial charge in [0.2, 0.25) is 0 Å². The van der Waals surface area contributed by atoms with Crippen molar-refractivity contribution in [3.63, 3.8) is 0 Å². The van der Waals surface area contributed by atoms with Crippen molar-refractivity contribution in [3.05, 3.63) is 29.7 Å². The van der Waals surface area contributed by atoms with Crippen molar-refractivity contribution in [2.75, 3.05) is 0 Å². The minimum Gasteiger partial charge on any atom is -0.507 e. The molecule has 0 aliphatic carbocycles. The first-order valence-corrected chi connectivity index (χ1v) is 3.18. The molecule has 0 aliphatic heterocycles. The first kappa shape index (κ1) is 4.40. The molecule has 0 spiro atoms. The summed E-state index contributed by atoms with van der Waals surface area (Å²) in [5.74, 6) is -1.66. The number of ketones is 1. The summed E-state index contributed by atoms with van der Waals surface area (Å²) in [4.78, 5) is 21.5. The molecule has 1 N–H and O–H groups in total. The van der Waals surface area contributed by atoms with E-state index in [0.717, 1.165) is 0 Å². The van der Waals surface area contributed by atoms with Crippen LogP contribution in [0.5, 0.6) is 5.75 Å². The lowest BCUT2D eigenvalue weighted by molar-refractivity contribution is -0.107. The molecule has 0 unspecified atom stereocenters. The van der Waals surface area contributed by atoms with Gasteiger partial charge in [-0.2, -0.15) is 0 Å². The highest BCUT2D eigenvalue weighted by atomic mass is 16.3. The summed E-state index contributed by atoms with van der Waals surface area (Å²) < 4.78 is 29.2. The third-order valence-electron chi connectivity index (χ3n) is 1.22. The van der Waals surface area contributed by atoms with Crippen LogP contribution in [0.4, 0.5) is 0 Å². The minimum atomic E-state index is -0.834. The van der Waals surface area contributed by atoms with Crippen LogP contribution < -0.4 is 0 Å². The summed E-state index contributed by atoms with van der Waals surface area (Å²) in [6.45, 7) is 0. The van der Waals surface area contributed by atoms with Gasteiger partial charge >= 0.3 is 0 Å². The average molecular weight is 168 g/mol. The molecule has 62 valence electrons. The fourth-order valence-electron chi connectivity index (χ4n) is 0.685. The van der Waals surface area contributed by atoms with Crippen molar-refractivity contribution in [2.24, 2.45) is 0 Å². The second-order valence-corrected chi connectivity index (χ2v) is 2.02. The van der Waals surface area contributed by atoms with Gasteiger partial charge in [0.1, 0.15) is 12.0 Å². The highest BCUT2D eigenvalue weighted by Gasteiger charge is 2.08. The maximum atomic E-state index is 11.4. The largest absolute Gasteiger partial charge is 0.507 e. The van der Waals surface area contributed by atoms with Crippen LogP contribution >= 0.6 is 0 Å². The van der Waals surface area contributed by atoms with E-state index in [1.165, 1.54) is 0 Å². The summed E-state index contributed by atoms with van der Waals surface area (Å²) in [5, 5.41) is 9.43. The van der Waals surface area contributed by atoms with Crippen molar-refractivity contribution >= 4 is 12.1 Å². The number of aromatic hydroxyl groups is 1. The Morgan fingerprint density at radius 2 is 2.25 bits per heavy atom. The highest BCUT2D eigenvalue weighted by molar-refractivity contribution is 6.04. The van der Waals surface area contributed by atoms with Gasteiger partial charge in [-0.3, -0.25) is 4.79 Å². The summed E-state index contributed by atoms with van der Waals surface area (Å²) in [5.41, 5.74) is -0.543. The Bertz CT molecular complexity index is 441. The normalized spacial score (nSPS) is 14.0. The lowest BCUT2D eigenvalue weighted by Gasteiger charge is -1.98. The molecule has 1 aromatic rings. The Labute approximate surface area is 75.3 Å². The predicted octanol–water partition coefficient (Wildman–Crippen LogP) is 1.16. The maximum absolute atomic E-state index is 11.4. The van der Waals surface area contributed by atoms with Gasteiger partial charge in [-0.15, -0.1) is 0 Å². The Morgan fingerprint density at radius 1 is 1.58 bits per heavy atom. The third-order valence-corrected chi connectivity index (χ3v) is 1.22. The smallest absolute Gasteiger partial charge is 0.173 e. The standard InChI is InChI=1S/C9H8O3/c10-6-5-9(12)7-3-1-2-4-8(7)11/h1-4,6,11H,5H2/i1D,2D,3D,4D. The van der Waals surface area contributed by atoms with Gasteiger partial charge < -0.3 is 9.90 Å². The van der Waals surface area contributed by atoms with Gasteiger partial charge in [-0.25, -0.2) is 0 Å². The second-order valence-electron chi connectivity index (χ2n) is 2.02. The van der Waals surface area contributed by atoms with Crippen LogP contribution in [0.1, 0.15) is 22.3 Å². The molecule has 3 heteroatoms. The van der Waals surface area contributed by atoms with Gasteiger partial charge in [-0.1, -0.05) is 12.1 Å². The molecule has 1 rings (SSSR count). The molecule has 3 nitrogen and oxygen atoms in total. The molecule has 0 atom stereocenters. The van der Waals surface area contributed by atoms with Gasteiger partial charge in [0, 0.05) is 0 Å². The topological polar surface area (TPSA) is 54.4 Å². The van der Waals surface area contributed by atoms with Crippen LogP contribution in [0, 0.1) is 0 Å². The van der Waals surface area contributed by atoms with E-state index in [1.54, 1.807) is 0 Å². The molecule has 1 aromatic carbocycles. The molecule has 0 bridgehead atoms. The molecule has 0 radical (unpaired) electrons. The number of phenols is 1. The number of benzene rings is 1. The first-order valence-electron chi connectivity index (χ1n) is 5.18. The number of aldehydes is 1. The number of carbonyl (C=O) groups is 2. The minimum absolute atomic E-state index is 0.309. The lowest BCUT2D eigenvalue weighted by Crippen LogP contribution is -1.99. The Kier molecular flexibility index (Phi) is 1.34. The molecular weight excluding hydrogens is 156 g/mol. The lowest BCUT2D eigenvalue weighted by atomic mass is 10.1. The summed E-state index contributed by atoms with van der Waals surface area (Å²) in [7, 11) is 0. The van der Waals surface area contributed by atoms with Crippen LogP contribution in [0.15, 0.2) is 24.2 Å². The van der Waals surface area contributed by atoms with E-state index >= 15 is 0 Å². The third kappa shape index (κ3) is 1.69. The van der Waals surface area contributed by atoms with E-state index < -0.39 is 47.7 Å². The monoisotopic (exact) mass is 168 g/mol. The fourth-order valence-corrected chi connectivity index (χ4v) is 0.685. The highest BCUT2D eigenvalue weighted by Crippen LogP contribution is 2.16. The number of rotatable bonds is 3. The van der Waals surface area contributed by atoms with Crippen LogP contribution in [0.2, 0.25) is 0 Å². The van der Waals surface area contributed by atoms with Gasteiger partial charge in [0.05, 0.1) is 17.5 Å². The molecular formula is C9H8O3. The van der Waals surface area contributed by atoms with E-state index in [0.29, 0.717) is 6.29 Å². The molecule has 0 aromatic heterocycles. The maximum Gasteiger partial charge on any atom is 0.173 e. The zero-order chi connectivity index (χ0) is 12.5. The van der Waals surface area contributed by atoms with E-state index in [4.69, 9.17) is 5.48 Å². The quantitative estimate of drug-likeness (QED) is 0.418. The number of para-hydroxylation sites is 1. The number of phenolic OH excluding ortho intramolecular Hbond substituents is 1. The van der Waals surface area contributed by atoms with Gasteiger partial charge in [0.25, 0.3) is 0 Å². The molecule has 0 heterocycles. The SMILES string of the molecule is [2H]c1c([2H])c([2H])c(C(=O)CC=O)c(O)c1[2H]. The molecule has 0 amide bonds. The Balaban J connectivity index is 3.51. The van der Waals surface area contributed by atoms with E-state index in [2.05, 4.69) is 0 Å². The number of hydrogen-bond donors (Lipinski definition) is 1. The van der Waals surface area contributed by atoms with Crippen molar-refractivity contribution in [1.82, 2.24) is 0 Å². The summed E-state index contributed by atoms with van der Waals surface area (Å²) in [6, 6.07) is -2.55. The fraction of sp³-hybridized carbons (Fsp3) is 0.111. The van der Waals surface area contributed by atoms with Crippen LogP contribution in [0.3, 0.4) is 0 Å². The second kappa shape index (κ2) is 3.67. The first-order chi connectivity index (χ1) is 7.41. The summed E-state index contributed by atoms with van der Waals surface area (Å²) >= 11 is 0. The van der Waals surface area contributed by atoms with Crippen LogP contribution in [-0.2, 0) is 4.79 Å².